The van der Waals surface area contributed by atoms with Gasteiger partial charge in [-0.25, -0.2) is 0 Å². The van der Waals surface area contributed by atoms with E-state index in [-0.39, 0.29) is 24.3 Å². The van der Waals surface area contributed by atoms with E-state index in [0.29, 0.717) is 125 Å². The van der Waals surface area contributed by atoms with E-state index in [0.717, 1.165) is 31.6 Å². The summed E-state index contributed by atoms with van der Waals surface area (Å²) in [6.45, 7) is 13.5. The van der Waals surface area contributed by atoms with Crippen LogP contribution in [0.15, 0.2) is 0 Å². The number of nitrogens with one attached hydrogen (secondary N) is 2. The predicted octanol–water partition coefficient (Wildman–Crippen LogP) is 1.21. The van der Waals surface area contributed by atoms with Gasteiger partial charge < -0.3 is 53.3 Å². The minimum atomic E-state index is -0.123. The Bertz CT molecular complexity index is 637. The van der Waals surface area contributed by atoms with Crippen LogP contribution in [0.4, 0.5) is 0 Å². The number of carbonyl (C=O) groups is 2. The molecule has 0 heterocycles. The SMILES string of the molecule is CCNC(=O)COCCOCCOCCOCCOCCOCCOCCOCCOCCNC(=O)C1CCC(C)CC1. The van der Waals surface area contributed by atoms with Crippen LogP contribution >= 0.6 is 0 Å². The maximum atomic E-state index is 12.1. The molecule has 13 nitrogen and oxygen atoms in total. The third kappa shape index (κ3) is 26.7. The Hall–Kier alpha value is -1.42. The molecule has 2 amide bonds. The summed E-state index contributed by atoms with van der Waals surface area (Å²) >= 11 is 0. The molecule has 0 saturated heterocycles. The Morgan fingerprint density at radius 2 is 0.860 bits per heavy atom. The molecule has 254 valence electrons. The molecule has 1 aliphatic rings. The molecule has 0 atom stereocenters. The lowest BCUT2D eigenvalue weighted by Crippen LogP contribution is -2.35. The fourth-order valence-electron chi connectivity index (χ4n) is 4.09. The van der Waals surface area contributed by atoms with Crippen molar-refractivity contribution in [1.82, 2.24) is 10.6 Å². The largest absolute Gasteiger partial charge is 0.377 e. The summed E-state index contributed by atoms with van der Waals surface area (Å²) in [5.41, 5.74) is 0. The molecule has 0 aromatic carbocycles. The minimum absolute atomic E-state index is 0.0523. The van der Waals surface area contributed by atoms with Crippen molar-refractivity contribution < 1.29 is 52.2 Å². The lowest BCUT2D eigenvalue weighted by atomic mass is 9.82. The van der Waals surface area contributed by atoms with Gasteiger partial charge in [0.1, 0.15) is 6.61 Å². The Morgan fingerprint density at radius 3 is 1.23 bits per heavy atom. The lowest BCUT2D eigenvalue weighted by Gasteiger charge is -2.25. The van der Waals surface area contributed by atoms with Gasteiger partial charge in [-0.1, -0.05) is 6.92 Å². The molecule has 0 aromatic heterocycles. The first kappa shape index (κ1) is 39.6. The summed E-state index contributed by atoms with van der Waals surface area (Å²) in [6, 6.07) is 0. The molecule has 43 heavy (non-hydrogen) atoms. The van der Waals surface area contributed by atoms with Gasteiger partial charge in [-0.05, 0) is 38.5 Å². The summed E-state index contributed by atoms with van der Waals surface area (Å²) in [6.07, 6.45) is 4.29. The minimum Gasteiger partial charge on any atom is -0.377 e. The van der Waals surface area contributed by atoms with Gasteiger partial charge in [0.2, 0.25) is 11.8 Å². The number of ether oxygens (including phenoxy) is 9. The first-order valence-electron chi connectivity index (χ1n) is 15.9. The number of carbonyl (C=O) groups excluding carboxylic acids is 2. The lowest BCUT2D eigenvalue weighted by molar-refractivity contribution is -0.127. The zero-order valence-electron chi connectivity index (χ0n) is 26.6. The molecule has 0 aromatic rings. The first-order chi connectivity index (χ1) is 21.1. The van der Waals surface area contributed by atoms with Crippen molar-refractivity contribution in [2.24, 2.45) is 11.8 Å². The number of hydrogen-bond acceptors (Lipinski definition) is 11. The van der Waals surface area contributed by atoms with Gasteiger partial charge in [0.25, 0.3) is 0 Å². The van der Waals surface area contributed by atoms with Crippen molar-refractivity contribution in [2.75, 3.05) is 132 Å². The zero-order valence-corrected chi connectivity index (χ0v) is 26.6. The fraction of sp³-hybridized carbons (Fsp3) is 0.933. The van der Waals surface area contributed by atoms with E-state index in [4.69, 9.17) is 42.6 Å². The smallest absolute Gasteiger partial charge is 0.245 e. The standard InChI is InChI=1S/C30H58N2O11/c1-3-31-29(33)26-43-25-24-42-23-22-41-21-20-40-19-18-39-17-16-38-15-14-37-13-12-36-11-10-35-9-8-32-30(34)28-6-4-27(2)5-7-28/h27-28H,3-26H2,1-2H3,(H,31,33)(H,32,34). The third-order valence-electron chi connectivity index (χ3n) is 6.52. The highest BCUT2D eigenvalue weighted by atomic mass is 16.6. The summed E-state index contributed by atoms with van der Waals surface area (Å²) in [5.74, 6) is 0.963. The number of hydrogen-bond donors (Lipinski definition) is 2. The topological polar surface area (TPSA) is 141 Å². The quantitative estimate of drug-likeness (QED) is 0.108. The monoisotopic (exact) mass is 622 g/mol. The second kappa shape index (κ2) is 30.6. The number of rotatable bonds is 31. The van der Waals surface area contributed by atoms with Crippen LogP contribution < -0.4 is 10.6 Å². The second-order valence-electron chi connectivity index (χ2n) is 10.2. The predicted molar refractivity (Wildman–Crippen MR) is 160 cm³/mol. The van der Waals surface area contributed by atoms with E-state index in [1.165, 1.54) is 0 Å². The normalized spacial score (nSPS) is 16.8. The average molecular weight is 623 g/mol. The van der Waals surface area contributed by atoms with Gasteiger partial charge >= 0.3 is 0 Å². The van der Waals surface area contributed by atoms with Crippen molar-refractivity contribution in [3.8, 4) is 0 Å². The molecule has 0 radical (unpaired) electrons. The Balaban J connectivity index is 1.65. The molecule has 2 N–H and O–H groups in total. The molecular formula is C30H58N2O11. The van der Waals surface area contributed by atoms with Crippen LogP contribution in [0.25, 0.3) is 0 Å². The molecule has 1 fully saturated rings. The van der Waals surface area contributed by atoms with E-state index in [2.05, 4.69) is 17.6 Å². The highest BCUT2D eigenvalue weighted by molar-refractivity contribution is 5.78. The fourth-order valence-corrected chi connectivity index (χ4v) is 4.09. The van der Waals surface area contributed by atoms with E-state index in [1.807, 2.05) is 6.92 Å². The van der Waals surface area contributed by atoms with Gasteiger partial charge in [0, 0.05) is 19.0 Å². The van der Waals surface area contributed by atoms with Gasteiger partial charge in [-0.3, -0.25) is 9.59 Å². The molecule has 13 heteroatoms. The maximum Gasteiger partial charge on any atom is 0.245 e. The summed E-state index contributed by atoms with van der Waals surface area (Å²) in [7, 11) is 0. The van der Waals surface area contributed by atoms with Gasteiger partial charge in [-0.15, -0.1) is 0 Å². The summed E-state index contributed by atoms with van der Waals surface area (Å²) in [5, 5.41) is 5.63. The highest BCUT2D eigenvalue weighted by Crippen LogP contribution is 2.28. The molecule has 0 aliphatic heterocycles. The highest BCUT2D eigenvalue weighted by Gasteiger charge is 2.23. The molecule has 1 aliphatic carbocycles. The second-order valence-corrected chi connectivity index (χ2v) is 10.2. The van der Waals surface area contributed by atoms with E-state index < -0.39 is 0 Å². The number of likely N-dealkylation sites (N-methyl/N-ethyl adjacent to an activating group) is 1. The molecule has 0 unspecified atom stereocenters. The third-order valence-corrected chi connectivity index (χ3v) is 6.52. The van der Waals surface area contributed by atoms with Crippen LogP contribution in [-0.2, 0) is 52.2 Å². The van der Waals surface area contributed by atoms with E-state index >= 15 is 0 Å². The van der Waals surface area contributed by atoms with Gasteiger partial charge in [0.15, 0.2) is 0 Å². The van der Waals surface area contributed by atoms with Crippen LogP contribution in [-0.4, -0.2) is 144 Å². The molecule has 1 saturated carbocycles. The Morgan fingerprint density at radius 1 is 0.512 bits per heavy atom. The average Bonchev–Trinajstić information content (AvgIpc) is 3.00. The zero-order chi connectivity index (χ0) is 31.1. The molecular weight excluding hydrogens is 564 g/mol. The van der Waals surface area contributed by atoms with Crippen LogP contribution in [0.1, 0.15) is 39.5 Å². The van der Waals surface area contributed by atoms with E-state index in [9.17, 15) is 9.59 Å². The molecule has 1 rings (SSSR count). The maximum absolute atomic E-state index is 12.1. The van der Waals surface area contributed by atoms with E-state index in [1.54, 1.807) is 0 Å². The molecule has 0 bridgehead atoms. The van der Waals surface area contributed by atoms with Gasteiger partial charge in [-0.2, -0.15) is 0 Å². The van der Waals surface area contributed by atoms with Gasteiger partial charge in [0.05, 0.1) is 112 Å². The first-order valence-corrected chi connectivity index (χ1v) is 15.9. The van der Waals surface area contributed by atoms with Crippen molar-refractivity contribution in [3.63, 3.8) is 0 Å². The molecule has 0 spiro atoms. The van der Waals surface area contributed by atoms with Crippen molar-refractivity contribution in [3.05, 3.63) is 0 Å². The van der Waals surface area contributed by atoms with Crippen molar-refractivity contribution in [1.29, 1.82) is 0 Å². The number of amides is 2. The Kier molecular flexibility index (Phi) is 28.2. The Labute approximate surface area is 258 Å². The van der Waals surface area contributed by atoms with Crippen molar-refractivity contribution >= 4 is 11.8 Å². The van der Waals surface area contributed by atoms with Crippen LogP contribution in [0.2, 0.25) is 0 Å². The van der Waals surface area contributed by atoms with Crippen LogP contribution in [0.3, 0.4) is 0 Å². The van der Waals surface area contributed by atoms with Crippen LogP contribution in [0, 0.1) is 11.8 Å². The van der Waals surface area contributed by atoms with Crippen molar-refractivity contribution in [2.45, 2.75) is 39.5 Å². The summed E-state index contributed by atoms with van der Waals surface area (Å²) < 4.78 is 48.8. The van der Waals surface area contributed by atoms with Crippen LogP contribution in [0.5, 0.6) is 0 Å². The summed E-state index contributed by atoms with van der Waals surface area (Å²) in [4.78, 5) is 23.3.